The topological polar surface area (TPSA) is 72.8 Å². The monoisotopic (exact) mass is 286 g/mol. The molecule has 0 heterocycles. The first-order chi connectivity index (χ1) is 9.99. The molecule has 0 unspecified atom stereocenters. The minimum atomic E-state index is -0.160. The number of phenolic OH excluding ortho intramolecular Hbond substituents is 2. The highest BCUT2D eigenvalue weighted by atomic mass is 16.3. The average Bonchev–Trinajstić information content (AvgIpc) is 2.48. The summed E-state index contributed by atoms with van der Waals surface area (Å²) in [5.74, 6) is -0.388. The van der Waals surface area contributed by atoms with Gasteiger partial charge in [0.1, 0.15) is 0 Å². The smallest absolute Gasteiger partial charge is 0.255 e. The van der Waals surface area contributed by atoms with Gasteiger partial charge in [-0.25, -0.2) is 0 Å². The van der Waals surface area contributed by atoms with E-state index in [9.17, 15) is 15.0 Å². The van der Waals surface area contributed by atoms with Gasteiger partial charge >= 0.3 is 0 Å². The summed E-state index contributed by atoms with van der Waals surface area (Å²) in [5, 5.41) is 21.9. The predicted molar refractivity (Wildman–Crippen MR) is 81.6 cm³/mol. The molecule has 3 N–H and O–H groups in total. The molecule has 0 aliphatic rings. The van der Waals surface area contributed by atoms with Crippen LogP contribution >= 0.6 is 0 Å². The number of hydrogen-bond donors (Lipinski definition) is 3. The van der Waals surface area contributed by atoms with Crippen LogP contribution in [0.3, 0.4) is 0 Å². The molecule has 0 bridgehead atoms. The number of para-hydroxylation sites is 1. The number of nitrogens with one attached hydrogen (secondary N) is 1. The molecule has 0 spiro atoms. The van der Waals surface area contributed by atoms with E-state index >= 15 is 0 Å². The van der Waals surface area contributed by atoms with E-state index in [1.165, 1.54) is 17.0 Å². The number of phenols is 2. The van der Waals surface area contributed by atoms with Crippen LogP contribution in [0.5, 0.6) is 11.5 Å². The van der Waals surface area contributed by atoms with Crippen LogP contribution < -0.4 is 5.32 Å². The van der Waals surface area contributed by atoms with Crippen molar-refractivity contribution >= 4 is 11.6 Å². The summed E-state index contributed by atoms with van der Waals surface area (Å²) in [6.45, 7) is 0.436. The summed E-state index contributed by atoms with van der Waals surface area (Å²) in [6.07, 6.45) is 0. The lowest BCUT2D eigenvalue weighted by Gasteiger charge is -2.15. The summed E-state index contributed by atoms with van der Waals surface area (Å²) in [7, 11) is 3.41. The lowest BCUT2D eigenvalue weighted by molar-refractivity contribution is 0.0828. The molecule has 0 aliphatic carbocycles. The summed E-state index contributed by atoms with van der Waals surface area (Å²) >= 11 is 0. The lowest BCUT2D eigenvalue weighted by Crippen LogP contribution is -2.22. The van der Waals surface area contributed by atoms with E-state index in [1.54, 1.807) is 26.2 Å². The summed E-state index contributed by atoms with van der Waals surface area (Å²) in [4.78, 5) is 13.6. The normalized spacial score (nSPS) is 10.2. The van der Waals surface area contributed by atoms with Crippen LogP contribution in [0.1, 0.15) is 15.9 Å². The van der Waals surface area contributed by atoms with Crippen LogP contribution in [0.15, 0.2) is 42.5 Å². The van der Waals surface area contributed by atoms with E-state index in [-0.39, 0.29) is 17.4 Å². The molecule has 0 atom stereocenters. The molecule has 5 nitrogen and oxygen atoms in total. The zero-order valence-electron chi connectivity index (χ0n) is 12.0. The lowest BCUT2D eigenvalue weighted by atomic mass is 10.1. The quantitative estimate of drug-likeness (QED) is 0.755. The average molecular weight is 286 g/mol. The van der Waals surface area contributed by atoms with E-state index < -0.39 is 0 Å². The van der Waals surface area contributed by atoms with Crippen molar-refractivity contribution in [3.05, 3.63) is 53.6 Å². The van der Waals surface area contributed by atoms with Crippen LogP contribution in [-0.2, 0) is 6.54 Å². The highest BCUT2D eigenvalue weighted by Crippen LogP contribution is 2.25. The minimum Gasteiger partial charge on any atom is -0.504 e. The first kappa shape index (κ1) is 14.7. The van der Waals surface area contributed by atoms with Crippen molar-refractivity contribution < 1.29 is 15.0 Å². The van der Waals surface area contributed by atoms with Gasteiger partial charge < -0.3 is 20.4 Å². The molecule has 0 saturated heterocycles. The Morgan fingerprint density at radius 3 is 2.48 bits per heavy atom. The van der Waals surface area contributed by atoms with Crippen molar-refractivity contribution in [1.82, 2.24) is 4.90 Å². The van der Waals surface area contributed by atoms with Gasteiger partial charge in [-0.15, -0.1) is 0 Å². The Labute approximate surface area is 123 Å². The van der Waals surface area contributed by atoms with Crippen LogP contribution in [0.2, 0.25) is 0 Å². The van der Waals surface area contributed by atoms with Crippen LogP contribution in [0.25, 0.3) is 0 Å². The fraction of sp³-hybridized carbons (Fsp3) is 0.188. The Morgan fingerprint density at radius 1 is 1.10 bits per heavy atom. The minimum absolute atomic E-state index is 0.0772. The highest BCUT2D eigenvalue weighted by Gasteiger charge is 2.12. The molecule has 2 rings (SSSR count). The second kappa shape index (κ2) is 6.17. The Bertz CT molecular complexity index is 654. The summed E-state index contributed by atoms with van der Waals surface area (Å²) in [6, 6.07) is 11.9. The summed E-state index contributed by atoms with van der Waals surface area (Å²) < 4.78 is 0. The number of nitrogens with zero attached hydrogens (tertiary/aromatic N) is 1. The third kappa shape index (κ3) is 3.45. The van der Waals surface area contributed by atoms with Crippen LogP contribution in [0, 0.1) is 0 Å². The van der Waals surface area contributed by atoms with Gasteiger partial charge in [0.2, 0.25) is 0 Å². The fourth-order valence-corrected chi connectivity index (χ4v) is 1.94. The van der Waals surface area contributed by atoms with Crippen molar-refractivity contribution in [2.24, 2.45) is 0 Å². The number of anilines is 1. The highest BCUT2D eigenvalue weighted by molar-refractivity contribution is 5.99. The Balaban J connectivity index is 2.16. The molecule has 2 aromatic rings. The van der Waals surface area contributed by atoms with Gasteiger partial charge in [-0.3, -0.25) is 4.79 Å². The van der Waals surface area contributed by atoms with E-state index in [2.05, 4.69) is 5.32 Å². The van der Waals surface area contributed by atoms with Gasteiger partial charge in [0, 0.05) is 26.3 Å². The molecule has 110 valence electrons. The van der Waals surface area contributed by atoms with Gasteiger partial charge in [0.15, 0.2) is 11.5 Å². The zero-order chi connectivity index (χ0) is 15.4. The van der Waals surface area contributed by atoms with Gasteiger partial charge in [-0.05, 0) is 29.8 Å². The van der Waals surface area contributed by atoms with Gasteiger partial charge in [-0.1, -0.05) is 18.2 Å². The second-order valence-corrected chi connectivity index (χ2v) is 4.92. The molecule has 1 amide bonds. The number of benzene rings is 2. The van der Waals surface area contributed by atoms with E-state index in [0.717, 1.165) is 11.3 Å². The van der Waals surface area contributed by atoms with Crippen LogP contribution in [-0.4, -0.2) is 35.1 Å². The maximum absolute atomic E-state index is 12.1. The molecule has 0 aromatic heterocycles. The van der Waals surface area contributed by atoms with Crippen LogP contribution in [0.4, 0.5) is 5.69 Å². The Morgan fingerprint density at radius 2 is 1.81 bits per heavy atom. The van der Waals surface area contributed by atoms with E-state index in [4.69, 9.17) is 0 Å². The van der Waals surface area contributed by atoms with E-state index in [1.807, 2.05) is 18.2 Å². The predicted octanol–water partition coefficient (Wildman–Crippen LogP) is 2.41. The number of aromatic hydroxyl groups is 2. The Kier molecular flexibility index (Phi) is 4.33. The second-order valence-electron chi connectivity index (χ2n) is 4.92. The number of rotatable bonds is 4. The molecular weight excluding hydrogens is 268 g/mol. The van der Waals surface area contributed by atoms with Crippen molar-refractivity contribution in [3.63, 3.8) is 0 Å². The third-order valence-corrected chi connectivity index (χ3v) is 3.09. The largest absolute Gasteiger partial charge is 0.504 e. The number of carbonyl (C=O) groups is 1. The molecular formula is C16H18N2O3. The van der Waals surface area contributed by atoms with Gasteiger partial charge in [0.05, 0.1) is 5.56 Å². The van der Waals surface area contributed by atoms with Gasteiger partial charge in [-0.2, -0.15) is 0 Å². The number of amides is 1. The van der Waals surface area contributed by atoms with E-state index in [0.29, 0.717) is 12.1 Å². The van der Waals surface area contributed by atoms with Gasteiger partial charge in [0.25, 0.3) is 5.91 Å². The molecule has 0 saturated carbocycles. The zero-order valence-corrected chi connectivity index (χ0v) is 12.0. The van der Waals surface area contributed by atoms with Crippen molar-refractivity contribution in [2.45, 2.75) is 6.54 Å². The summed E-state index contributed by atoms with van der Waals surface area (Å²) in [5.41, 5.74) is 2.12. The SMILES string of the molecule is CN(C)C(=O)c1ccccc1NCc1ccc(O)c(O)c1. The Hall–Kier alpha value is -2.69. The molecule has 5 heteroatoms. The first-order valence-electron chi connectivity index (χ1n) is 6.54. The molecule has 2 aromatic carbocycles. The standard InChI is InChI=1S/C16H18N2O3/c1-18(2)16(21)12-5-3-4-6-13(12)17-10-11-7-8-14(19)15(20)9-11/h3-9,17,19-20H,10H2,1-2H3. The van der Waals surface area contributed by atoms with Crippen molar-refractivity contribution in [1.29, 1.82) is 0 Å². The third-order valence-electron chi connectivity index (χ3n) is 3.09. The molecule has 0 aliphatic heterocycles. The van der Waals surface area contributed by atoms with Crippen molar-refractivity contribution in [3.8, 4) is 11.5 Å². The maximum Gasteiger partial charge on any atom is 0.255 e. The maximum atomic E-state index is 12.1. The molecule has 0 radical (unpaired) electrons. The molecule has 21 heavy (non-hydrogen) atoms. The number of carbonyl (C=O) groups excluding carboxylic acids is 1. The first-order valence-corrected chi connectivity index (χ1v) is 6.54. The number of hydrogen-bond acceptors (Lipinski definition) is 4. The fourth-order valence-electron chi connectivity index (χ4n) is 1.94. The van der Waals surface area contributed by atoms with Crippen molar-refractivity contribution in [2.75, 3.05) is 19.4 Å². The molecule has 0 fully saturated rings.